The van der Waals surface area contributed by atoms with Gasteiger partial charge in [0.25, 0.3) is 5.76 Å². The summed E-state index contributed by atoms with van der Waals surface area (Å²) in [7, 11) is 0. The molecule has 0 spiro atoms. The number of allylic oxidation sites excluding steroid dienone is 2. The van der Waals surface area contributed by atoms with Gasteiger partial charge in [-0.1, -0.05) is 0 Å². The molecule has 1 heterocycles. The molecule has 1 rings (SSSR count). The Morgan fingerprint density at radius 3 is 1.59 bits per heavy atom. The van der Waals surface area contributed by atoms with Gasteiger partial charge in [0.15, 0.2) is 0 Å². The highest BCUT2D eigenvalue weighted by Crippen LogP contribution is 2.57. The molecule has 0 bridgehead atoms. The van der Waals surface area contributed by atoms with E-state index in [0.29, 0.717) is 0 Å². The SMILES string of the molecule is F/C(=C(\OC/C=C/C(F)(F)F)C(F)(F)F)N1C(F)(F)C(F)(F)OC(F)(F)C1(F)F. The molecular formula is C11H4F15NO2. The summed E-state index contributed by atoms with van der Waals surface area (Å²) in [5.74, 6) is -7.78. The lowest BCUT2D eigenvalue weighted by Crippen LogP contribution is -2.73. The summed E-state index contributed by atoms with van der Waals surface area (Å²) < 4.78 is 198. The average molecular weight is 467 g/mol. The van der Waals surface area contributed by atoms with E-state index in [-0.39, 0.29) is 6.08 Å². The fourth-order valence-corrected chi connectivity index (χ4v) is 1.64. The molecule has 0 aliphatic carbocycles. The van der Waals surface area contributed by atoms with Crippen molar-refractivity contribution in [2.75, 3.05) is 6.61 Å². The van der Waals surface area contributed by atoms with Crippen molar-refractivity contribution in [1.29, 1.82) is 0 Å². The normalized spacial score (nSPS) is 24.4. The zero-order valence-corrected chi connectivity index (χ0v) is 12.8. The van der Waals surface area contributed by atoms with Crippen LogP contribution in [0.25, 0.3) is 0 Å². The number of halogens is 15. The van der Waals surface area contributed by atoms with Crippen molar-refractivity contribution in [3.63, 3.8) is 0 Å². The molecule has 170 valence electrons. The molecule has 0 atom stereocenters. The highest BCUT2D eigenvalue weighted by atomic mass is 19.4. The maximum absolute atomic E-state index is 13.8. The first-order chi connectivity index (χ1) is 12.6. The maximum atomic E-state index is 13.8. The van der Waals surface area contributed by atoms with Crippen LogP contribution < -0.4 is 0 Å². The van der Waals surface area contributed by atoms with Gasteiger partial charge in [0, 0.05) is 6.08 Å². The second-order valence-electron chi connectivity index (χ2n) is 4.93. The highest BCUT2D eigenvalue weighted by molar-refractivity contribution is 5.13. The minimum atomic E-state index is -6.83. The molecule has 0 saturated carbocycles. The van der Waals surface area contributed by atoms with Gasteiger partial charge in [-0.05, 0) is 6.08 Å². The van der Waals surface area contributed by atoms with Gasteiger partial charge in [-0.3, -0.25) is 0 Å². The van der Waals surface area contributed by atoms with E-state index in [1.165, 1.54) is 0 Å². The van der Waals surface area contributed by atoms with Gasteiger partial charge >= 0.3 is 36.7 Å². The number of nitrogens with zero attached hydrogens (tertiary/aromatic N) is 1. The summed E-state index contributed by atoms with van der Waals surface area (Å²) >= 11 is 0. The molecular weight excluding hydrogens is 463 g/mol. The topological polar surface area (TPSA) is 21.7 Å². The third-order valence-corrected chi connectivity index (χ3v) is 2.79. The first-order valence-electron chi connectivity index (χ1n) is 6.44. The molecule has 1 aliphatic rings. The molecule has 0 aromatic heterocycles. The second kappa shape index (κ2) is 7.05. The third-order valence-electron chi connectivity index (χ3n) is 2.79. The van der Waals surface area contributed by atoms with Crippen LogP contribution in [0.1, 0.15) is 0 Å². The van der Waals surface area contributed by atoms with Crippen LogP contribution in [-0.2, 0) is 9.47 Å². The Balaban J connectivity index is 3.54. The molecule has 29 heavy (non-hydrogen) atoms. The molecule has 0 unspecified atom stereocenters. The number of hydrogen-bond donors (Lipinski definition) is 0. The van der Waals surface area contributed by atoms with Crippen LogP contribution in [0.15, 0.2) is 23.9 Å². The zero-order chi connectivity index (χ0) is 23.3. The Labute approximate surface area is 148 Å². The van der Waals surface area contributed by atoms with Gasteiger partial charge in [0.1, 0.15) is 6.61 Å². The number of rotatable bonds is 4. The van der Waals surface area contributed by atoms with Gasteiger partial charge in [-0.15, -0.1) is 0 Å². The summed E-state index contributed by atoms with van der Waals surface area (Å²) in [5, 5.41) is 0. The minimum Gasteiger partial charge on any atom is -0.482 e. The molecule has 0 amide bonds. The van der Waals surface area contributed by atoms with Gasteiger partial charge in [0.05, 0.1) is 0 Å². The van der Waals surface area contributed by atoms with Crippen molar-refractivity contribution in [2.45, 2.75) is 36.7 Å². The molecule has 0 N–H and O–H groups in total. The lowest BCUT2D eigenvalue weighted by atomic mass is 10.2. The van der Waals surface area contributed by atoms with Crippen molar-refractivity contribution in [2.24, 2.45) is 0 Å². The first-order valence-corrected chi connectivity index (χ1v) is 6.44. The zero-order valence-electron chi connectivity index (χ0n) is 12.8. The maximum Gasteiger partial charge on any atom is 0.453 e. The number of hydrogen-bond acceptors (Lipinski definition) is 3. The van der Waals surface area contributed by atoms with Gasteiger partial charge in [0.2, 0.25) is 5.95 Å². The standard InChI is InChI=1S/C11H4F15NO2/c12-5(4(7(16,17)18)28-3-1-2-6(13,14)15)27-8(19,20)10(23,24)29-11(25,26)9(27,21)22/h1-2H,3H2/b2-1+,5-4+. The van der Waals surface area contributed by atoms with Crippen LogP contribution >= 0.6 is 0 Å². The van der Waals surface area contributed by atoms with E-state index in [9.17, 15) is 65.9 Å². The Morgan fingerprint density at radius 1 is 0.828 bits per heavy atom. The Bertz CT molecular complexity index is 649. The Kier molecular flexibility index (Phi) is 6.08. The molecule has 1 fully saturated rings. The minimum absolute atomic E-state index is 0.322. The first kappa shape index (κ1) is 25.0. The van der Waals surface area contributed by atoms with E-state index < -0.39 is 66.0 Å². The summed E-state index contributed by atoms with van der Waals surface area (Å²) in [6.45, 7) is -1.96. The van der Waals surface area contributed by atoms with E-state index in [1.54, 1.807) is 0 Å². The Morgan fingerprint density at radius 2 is 1.24 bits per heavy atom. The smallest absolute Gasteiger partial charge is 0.453 e. The van der Waals surface area contributed by atoms with E-state index in [1.807, 2.05) is 4.74 Å². The fraction of sp³-hybridized carbons (Fsp3) is 0.636. The van der Waals surface area contributed by atoms with Crippen molar-refractivity contribution in [3.05, 3.63) is 23.9 Å². The lowest BCUT2D eigenvalue weighted by molar-refractivity contribution is -0.559. The summed E-state index contributed by atoms with van der Waals surface area (Å²) in [4.78, 5) is -3.22. The summed E-state index contributed by atoms with van der Waals surface area (Å²) in [6, 6.07) is -13.7. The number of alkyl halides is 14. The average Bonchev–Trinajstić information content (AvgIpc) is 2.40. The summed E-state index contributed by atoms with van der Waals surface area (Å²) in [6.07, 6.45) is -26.0. The van der Waals surface area contributed by atoms with Crippen LogP contribution in [0.2, 0.25) is 0 Å². The number of ether oxygens (including phenoxy) is 2. The lowest BCUT2D eigenvalue weighted by Gasteiger charge is -2.47. The number of morpholine rings is 1. The van der Waals surface area contributed by atoms with Crippen LogP contribution in [0.4, 0.5) is 65.9 Å². The quantitative estimate of drug-likeness (QED) is 0.235. The van der Waals surface area contributed by atoms with Crippen LogP contribution in [0, 0.1) is 0 Å². The van der Waals surface area contributed by atoms with E-state index in [4.69, 9.17) is 0 Å². The van der Waals surface area contributed by atoms with Crippen molar-refractivity contribution in [1.82, 2.24) is 4.90 Å². The molecule has 0 aromatic rings. The van der Waals surface area contributed by atoms with E-state index in [2.05, 4.69) is 4.74 Å². The van der Waals surface area contributed by atoms with Crippen molar-refractivity contribution < 1.29 is 75.3 Å². The fourth-order valence-electron chi connectivity index (χ4n) is 1.64. The van der Waals surface area contributed by atoms with Gasteiger partial charge < -0.3 is 4.74 Å². The predicted molar refractivity (Wildman–Crippen MR) is 58.0 cm³/mol. The highest BCUT2D eigenvalue weighted by Gasteiger charge is 2.84. The second-order valence-corrected chi connectivity index (χ2v) is 4.93. The van der Waals surface area contributed by atoms with Gasteiger partial charge in [-0.25, -0.2) is 9.64 Å². The van der Waals surface area contributed by atoms with E-state index >= 15 is 0 Å². The van der Waals surface area contributed by atoms with Crippen LogP contribution in [0.5, 0.6) is 0 Å². The molecule has 1 saturated heterocycles. The van der Waals surface area contributed by atoms with E-state index in [0.717, 1.165) is 0 Å². The summed E-state index contributed by atoms with van der Waals surface area (Å²) in [5.41, 5.74) is 0. The molecule has 0 aromatic carbocycles. The largest absolute Gasteiger partial charge is 0.482 e. The predicted octanol–water partition coefficient (Wildman–Crippen LogP) is 5.53. The monoisotopic (exact) mass is 467 g/mol. The molecule has 1 aliphatic heterocycles. The third kappa shape index (κ3) is 4.77. The van der Waals surface area contributed by atoms with Gasteiger partial charge in [-0.2, -0.15) is 65.9 Å². The van der Waals surface area contributed by atoms with Crippen LogP contribution in [-0.4, -0.2) is 48.2 Å². The van der Waals surface area contributed by atoms with Crippen molar-refractivity contribution in [3.8, 4) is 0 Å². The van der Waals surface area contributed by atoms with Crippen molar-refractivity contribution >= 4 is 0 Å². The van der Waals surface area contributed by atoms with Crippen LogP contribution in [0.3, 0.4) is 0 Å². The Hall–Kier alpha value is -2.01. The molecule has 0 radical (unpaired) electrons. The molecule has 18 heteroatoms. The molecule has 3 nitrogen and oxygen atoms in total.